The number of H-pyrrole nitrogens is 1. The molecule has 0 saturated carbocycles. The number of fused-ring (bicyclic) bond motifs is 1. The third-order valence-corrected chi connectivity index (χ3v) is 12.3. The summed E-state index contributed by atoms with van der Waals surface area (Å²) < 4.78 is 0. The third kappa shape index (κ3) is 10.8. The van der Waals surface area contributed by atoms with Crippen LogP contribution in [0.25, 0.3) is 11.0 Å². The van der Waals surface area contributed by atoms with E-state index >= 15 is 0 Å². The molecular weight excluding hydrogens is 431 g/mol. The second kappa shape index (κ2) is 18.4. The summed E-state index contributed by atoms with van der Waals surface area (Å²) in [7, 11) is -1.25. The smallest absolute Gasteiger partial charge is 0.255 e. The molecule has 1 heterocycles. The van der Waals surface area contributed by atoms with Gasteiger partial charge in [-0.15, -0.1) is 0 Å². The summed E-state index contributed by atoms with van der Waals surface area (Å²) in [6.07, 6.45) is 29.4. The van der Waals surface area contributed by atoms with E-state index in [0.717, 1.165) is 0 Å². The summed E-state index contributed by atoms with van der Waals surface area (Å²) in [6, 6.07) is 8.72. The minimum Gasteiger partial charge on any atom is -0.309 e. The predicted octanol–water partition coefficient (Wildman–Crippen LogP) is 10.3. The summed E-state index contributed by atoms with van der Waals surface area (Å²) in [4.78, 5) is 9.12. The fraction of sp³-hybridized carbons (Fsp3) is 0.774. The van der Waals surface area contributed by atoms with Crippen molar-refractivity contribution in [3.8, 4) is 0 Å². The lowest BCUT2D eigenvalue weighted by molar-refractivity contribution is 0.616. The van der Waals surface area contributed by atoms with Gasteiger partial charge in [-0.1, -0.05) is 110 Å². The van der Waals surface area contributed by atoms with E-state index in [0.29, 0.717) is 0 Å². The van der Waals surface area contributed by atoms with Gasteiger partial charge in [0.25, 0.3) is 5.57 Å². The van der Waals surface area contributed by atoms with Gasteiger partial charge in [0.2, 0.25) is 0 Å². The Kier molecular flexibility index (Phi) is 15.9. The van der Waals surface area contributed by atoms with Gasteiger partial charge in [0.15, 0.2) is 0 Å². The Hall–Kier alpha value is -0.880. The van der Waals surface area contributed by atoms with E-state index in [2.05, 4.69) is 50.0 Å². The minimum absolute atomic E-state index is 1.18. The zero-order chi connectivity index (χ0) is 24.3. The monoisotopic (exact) mass is 487 g/mol. The lowest BCUT2D eigenvalue weighted by Gasteiger charge is -2.25. The van der Waals surface area contributed by atoms with Crippen molar-refractivity contribution in [3.63, 3.8) is 0 Å². The molecule has 1 N–H and O–H groups in total. The fourth-order valence-corrected chi connectivity index (χ4v) is 9.87. The lowest BCUT2D eigenvalue weighted by atomic mass is 10.1. The van der Waals surface area contributed by atoms with Crippen molar-refractivity contribution in [1.29, 1.82) is 0 Å². The Morgan fingerprint density at radius 1 is 0.559 bits per heavy atom. The van der Waals surface area contributed by atoms with Crippen LogP contribution < -0.4 is 5.57 Å². The van der Waals surface area contributed by atoms with Crippen LogP contribution in [0.4, 0.5) is 0 Å². The molecule has 0 atom stereocenters. The van der Waals surface area contributed by atoms with Gasteiger partial charge in [0.05, 0.1) is 36.8 Å². The number of para-hydroxylation sites is 2. The van der Waals surface area contributed by atoms with E-state index < -0.39 is 7.26 Å². The highest BCUT2D eigenvalue weighted by Crippen LogP contribution is 2.59. The minimum atomic E-state index is -1.25. The van der Waals surface area contributed by atoms with Crippen LogP contribution in [-0.4, -0.2) is 28.5 Å². The number of aromatic amines is 1. The van der Waals surface area contributed by atoms with E-state index in [1.165, 1.54) is 151 Å². The van der Waals surface area contributed by atoms with Gasteiger partial charge < -0.3 is 4.98 Å². The maximum Gasteiger partial charge on any atom is 0.255 e. The standard InChI is InChI=1S/C31H56N2P/c1-4-7-10-13-16-21-26-34(27-22-17-14-11-8-5-2,28-23-18-15-12-9-6-3)31-32-29-24-19-20-25-30(29)33-31/h19-20,24-25H,4-18,21-23,26-28H2,1-3H3,(H,32,33)/q+1. The maximum atomic E-state index is 5.26. The normalized spacial score (nSPS) is 12.1. The first-order valence-corrected chi connectivity index (χ1v) is 17.4. The maximum absolute atomic E-state index is 5.26. The van der Waals surface area contributed by atoms with Gasteiger partial charge in [-0.05, 0) is 50.7 Å². The van der Waals surface area contributed by atoms with Crippen LogP contribution in [-0.2, 0) is 0 Å². The molecule has 0 radical (unpaired) electrons. The molecule has 2 rings (SSSR count). The van der Waals surface area contributed by atoms with Crippen LogP contribution in [0.1, 0.15) is 136 Å². The van der Waals surface area contributed by atoms with Gasteiger partial charge in [0.1, 0.15) is 0 Å². The molecule has 0 amide bonds. The summed E-state index contributed by atoms with van der Waals surface area (Å²) >= 11 is 0. The average molecular weight is 488 g/mol. The average Bonchev–Trinajstić information content (AvgIpc) is 3.30. The van der Waals surface area contributed by atoms with E-state index in [1.807, 2.05) is 0 Å². The summed E-state index contributed by atoms with van der Waals surface area (Å²) in [5.74, 6) is 0. The Morgan fingerprint density at radius 2 is 0.971 bits per heavy atom. The van der Waals surface area contributed by atoms with Crippen molar-refractivity contribution < 1.29 is 0 Å². The number of imidazole rings is 1. The Morgan fingerprint density at radius 3 is 1.41 bits per heavy atom. The van der Waals surface area contributed by atoms with Crippen LogP contribution in [0.2, 0.25) is 0 Å². The van der Waals surface area contributed by atoms with E-state index in [1.54, 1.807) is 0 Å². The first-order valence-electron chi connectivity index (χ1n) is 15.1. The molecule has 1 aromatic heterocycles. The quantitative estimate of drug-likeness (QED) is 0.130. The molecule has 0 aliphatic carbocycles. The van der Waals surface area contributed by atoms with Crippen LogP contribution in [0.15, 0.2) is 24.3 Å². The molecule has 2 nitrogen and oxygen atoms in total. The number of nitrogens with one attached hydrogen (secondary N) is 1. The fourth-order valence-electron chi connectivity index (χ4n) is 5.40. The van der Waals surface area contributed by atoms with Gasteiger partial charge in [-0.2, -0.15) is 4.98 Å². The molecule has 2 aromatic rings. The predicted molar refractivity (Wildman–Crippen MR) is 157 cm³/mol. The van der Waals surface area contributed by atoms with Gasteiger partial charge in [0, 0.05) is 0 Å². The topological polar surface area (TPSA) is 28.7 Å². The summed E-state index contributed by atoms with van der Waals surface area (Å²) in [5, 5.41) is 0. The Labute approximate surface area is 212 Å². The number of hydrogen-bond acceptors (Lipinski definition) is 1. The van der Waals surface area contributed by atoms with Crippen LogP contribution in [0.3, 0.4) is 0 Å². The Bertz CT molecular complexity index is 664. The zero-order valence-electron chi connectivity index (χ0n) is 23.1. The number of aromatic nitrogens is 2. The van der Waals surface area contributed by atoms with Gasteiger partial charge in [-0.3, -0.25) is 0 Å². The second-order valence-corrected chi connectivity index (χ2v) is 14.8. The van der Waals surface area contributed by atoms with Crippen molar-refractivity contribution >= 4 is 23.9 Å². The van der Waals surface area contributed by atoms with E-state index in [-0.39, 0.29) is 0 Å². The Balaban J connectivity index is 2.11. The molecule has 3 heteroatoms. The third-order valence-electron chi connectivity index (χ3n) is 7.65. The van der Waals surface area contributed by atoms with Crippen molar-refractivity contribution in [1.82, 2.24) is 9.97 Å². The van der Waals surface area contributed by atoms with Crippen molar-refractivity contribution in [2.45, 2.75) is 136 Å². The van der Waals surface area contributed by atoms with Crippen molar-refractivity contribution in [2.24, 2.45) is 0 Å². The van der Waals surface area contributed by atoms with E-state index in [4.69, 9.17) is 4.98 Å². The lowest BCUT2D eigenvalue weighted by Crippen LogP contribution is -2.24. The molecular formula is C31H56N2P+. The summed E-state index contributed by atoms with van der Waals surface area (Å²) in [6.45, 7) is 6.96. The highest BCUT2D eigenvalue weighted by molar-refractivity contribution is 7.82. The molecule has 1 aromatic carbocycles. The SMILES string of the molecule is CCCCCCCC[P+](CCCCCCCC)(CCCCCCCC)c1nc2ccccc2[nH]1. The first kappa shape index (κ1) is 29.4. The number of unbranched alkanes of at least 4 members (excludes halogenated alkanes) is 15. The molecule has 34 heavy (non-hydrogen) atoms. The van der Waals surface area contributed by atoms with Gasteiger partial charge in [-0.25, -0.2) is 0 Å². The van der Waals surface area contributed by atoms with Crippen LogP contribution in [0, 0.1) is 0 Å². The summed E-state index contributed by atoms with van der Waals surface area (Å²) in [5.41, 5.74) is 3.83. The van der Waals surface area contributed by atoms with Crippen molar-refractivity contribution in [2.75, 3.05) is 18.5 Å². The number of benzene rings is 1. The van der Waals surface area contributed by atoms with Crippen LogP contribution >= 0.6 is 7.26 Å². The van der Waals surface area contributed by atoms with E-state index in [9.17, 15) is 0 Å². The molecule has 0 spiro atoms. The number of rotatable bonds is 22. The van der Waals surface area contributed by atoms with Gasteiger partial charge >= 0.3 is 0 Å². The van der Waals surface area contributed by atoms with Crippen LogP contribution in [0.5, 0.6) is 0 Å². The molecule has 0 fully saturated rings. The molecule has 194 valence electrons. The second-order valence-electron chi connectivity index (χ2n) is 10.7. The largest absolute Gasteiger partial charge is 0.309 e. The highest BCUT2D eigenvalue weighted by Gasteiger charge is 2.41. The molecule has 0 saturated heterocycles. The molecule has 0 aliphatic heterocycles. The zero-order valence-corrected chi connectivity index (χ0v) is 23.9. The number of hydrogen-bond donors (Lipinski definition) is 1. The highest BCUT2D eigenvalue weighted by atomic mass is 31.2. The molecule has 0 aliphatic rings. The van der Waals surface area contributed by atoms with Crippen molar-refractivity contribution in [3.05, 3.63) is 24.3 Å². The molecule has 0 bridgehead atoms. The number of nitrogens with zero attached hydrogens (tertiary/aromatic N) is 1. The molecule has 0 unspecified atom stereocenters. The first-order chi connectivity index (χ1) is 16.8.